The van der Waals surface area contributed by atoms with Gasteiger partial charge in [0.2, 0.25) is 0 Å². The Hall–Kier alpha value is -1.03. The van der Waals surface area contributed by atoms with Crippen molar-refractivity contribution >= 4 is 6.03 Å². The Morgan fingerprint density at radius 1 is 1.59 bits per heavy atom. The minimum absolute atomic E-state index is 0.0375. The number of amides is 2. The van der Waals surface area contributed by atoms with Crippen molar-refractivity contribution < 1.29 is 9.53 Å². The lowest BCUT2D eigenvalue weighted by atomic mass is 10.0. The Morgan fingerprint density at radius 2 is 2.35 bits per heavy atom. The predicted octanol–water partition coefficient (Wildman–Crippen LogP) is 2.02. The molecule has 98 valence electrons. The number of hydrogen-bond acceptors (Lipinski definition) is 2. The van der Waals surface area contributed by atoms with E-state index in [1.54, 1.807) is 0 Å². The third-order valence-electron chi connectivity index (χ3n) is 2.82. The van der Waals surface area contributed by atoms with E-state index in [-0.39, 0.29) is 6.03 Å². The van der Waals surface area contributed by atoms with Crippen LogP contribution in [0.5, 0.6) is 0 Å². The van der Waals surface area contributed by atoms with Crippen molar-refractivity contribution in [2.75, 3.05) is 32.8 Å². The van der Waals surface area contributed by atoms with E-state index in [9.17, 15) is 4.79 Å². The normalized spacial score (nSPS) is 20.1. The second-order valence-electron chi connectivity index (χ2n) is 4.94. The molecule has 1 saturated heterocycles. The van der Waals surface area contributed by atoms with E-state index >= 15 is 0 Å². The minimum atomic E-state index is 0.0375. The molecule has 4 heteroatoms. The number of urea groups is 1. The van der Waals surface area contributed by atoms with Gasteiger partial charge in [0.15, 0.2) is 0 Å². The highest BCUT2D eigenvalue weighted by Crippen LogP contribution is 2.14. The molecular formula is C13H24N2O2. The van der Waals surface area contributed by atoms with Crippen LogP contribution in [0.15, 0.2) is 12.2 Å². The number of rotatable bonds is 5. The standard InChI is InChI=1S/C13H24N2O2/c1-11(2)10-17-8-6-14-13(16)15-7-4-5-12(3)9-15/h12H,1,4-10H2,2-3H3,(H,14,16). The van der Waals surface area contributed by atoms with E-state index in [1.165, 1.54) is 6.42 Å². The van der Waals surface area contributed by atoms with Crippen molar-refractivity contribution in [2.45, 2.75) is 26.7 Å². The summed E-state index contributed by atoms with van der Waals surface area (Å²) in [5, 5.41) is 2.88. The van der Waals surface area contributed by atoms with Crippen molar-refractivity contribution in [3.05, 3.63) is 12.2 Å². The van der Waals surface area contributed by atoms with Gasteiger partial charge >= 0.3 is 6.03 Å². The first kappa shape index (κ1) is 14.0. The Bertz CT molecular complexity index is 266. The van der Waals surface area contributed by atoms with Gasteiger partial charge in [-0.2, -0.15) is 0 Å². The number of nitrogens with one attached hydrogen (secondary N) is 1. The summed E-state index contributed by atoms with van der Waals surface area (Å²) in [5.41, 5.74) is 1.00. The highest BCUT2D eigenvalue weighted by atomic mass is 16.5. The summed E-state index contributed by atoms with van der Waals surface area (Å²) in [5.74, 6) is 0.620. The van der Waals surface area contributed by atoms with E-state index in [4.69, 9.17) is 4.74 Å². The van der Waals surface area contributed by atoms with Gasteiger partial charge in [0.1, 0.15) is 0 Å². The maximum absolute atomic E-state index is 11.8. The Balaban J connectivity index is 2.10. The van der Waals surface area contributed by atoms with Gasteiger partial charge in [-0.15, -0.1) is 0 Å². The maximum atomic E-state index is 11.8. The van der Waals surface area contributed by atoms with Gasteiger partial charge in [-0.05, 0) is 25.7 Å². The van der Waals surface area contributed by atoms with Crippen LogP contribution in [0, 0.1) is 5.92 Å². The smallest absolute Gasteiger partial charge is 0.317 e. The molecule has 1 N–H and O–H groups in total. The quantitative estimate of drug-likeness (QED) is 0.590. The van der Waals surface area contributed by atoms with Gasteiger partial charge in [0.25, 0.3) is 0 Å². The fourth-order valence-corrected chi connectivity index (χ4v) is 1.96. The molecule has 1 rings (SSSR count). The molecule has 0 aromatic rings. The Morgan fingerprint density at radius 3 is 3.00 bits per heavy atom. The number of carbonyl (C=O) groups is 1. The zero-order chi connectivity index (χ0) is 12.7. The number of carbonyl (C=O) groups excluding carboxylic acids is 1. The van der Waals surface area contributed by atoms with Gasteiger partial charge in [-0.25, -0.2) is 4.79 Å². The number of nitrogens with zero attached hydrogens (tertiary/aromatic N) is 1. The Labute approximate surface area is 104 Å². The monoisotopic (exact) mass is 240 g/mol. The van der Waals surface area contributed by atoms with Gasteiger partial charge in [0, 0.05) is 19.6 Å². The molecule has 17 heavy (non-hydrogen) atoms. The van der Waals surface area contributed by atoms with Crippen molar-refractivity contribution in [2.24, 2.45) is 5.92 Å². The van der Waals surface area contributed by atoms with E-state index in [2.05, 4.69) is 18.8 Å². The molecule has 0 aromatic heterocycles. The van der Waals surface area contributed by atoms with Crippen molar-refractivity contribution in [3.8, 4) is 0 Å². The summed E-state index contributed by atoms with van der Waals surface area (Å²) in [6.45, 7) is 11.3. The summed E-state index contributed by atoms with van der Waals surface area (Å²) >= 11 is 0. The molecular weight excluding hydrogens is 216 g/mol. The van der Waals surface area contributed by atoms with Crippen molar-refractivity contribution in [1.29, 1.82) is 0 Å². The number of ether oxygens (including phenoxy) is 1. The van der Waals surface area contributed by atoms with Crippen LogP contribution in [0.4, 0.5) is 4.79 Å². The van der Waals surface area contributed by atoms with Crippen LogP contribution >= 0.6 is 0 Å². The summed E-state index contributed by atoms with van der Waals surface area (Å²) in [7, 11) is 0. The van der Waals surface area contributed by atoms with Crippen LogP contribution in [0.1, 0.15) is 26.7 Å². The molecule has 1 heterocycles. The lowest BCUT2D eigenvalue weighted by Crippen LogP contribution is -2.45. The summed E-state index contributed by atoms with van der Waals surface area (Å²) in [4.78, 5) is 13.7. The van der Waals surface area contributed by atoms with Crippen LogP contribution < -0.4 is 5.32 Å². The molecule has 2 amide bonds. The fourth-order valence-electron chi connectivity index (χ4n) is 1.96. The van der Waals surface area contributed by atoms with Gasteiger partial charge in [0.05, 0.1) is 13.2 Å². The van der Waals surface area contributed by atoms with E-state index < -0.39 is 0 Å². The lowest BCUT2D eigenvalue weighted by molar-refractivity contribution is 0.146. The van der Waals surface area contributed by atoms with Gasteiger partial charge < -0.3 is 15.0 Å². The van der Waals surface area contributed by atoms with E-state index in [0.29, 0.717) is 25.7 Å². The first-order chi connectivity index (χ1) is 8.09. The molecule has 1 aliphatic heterocycles. The molecule has 1 atom stereocenters. The molecule has 0 radical (unpaired) electrons. The van der Waals surface area contributed by atoms with Crippen LogP contribution in [0.25, 0.3) is 0 Å². The van der Waals surface area contributed by atoms with Crippen molar-refractivity contribution in [3.63, 3.8) is 0 Å². The molecule has 1 unspecified atom stereocenters. The topological polar surface area (TPSA) is 41.6 Å². The first-order valence-electron chi connectivity index (χ1n) is 6.34. The number of hydrogen-bond donors (Lipinski definition) is 1. The highest BCUT2D eigenvalue weighted by Gasteiger charge is 2.20. The fraction of sp³-hybridized carbons (Fsp3) is 0.769. The number of piperidine rings is 1. The summed E-state index contributed by atoms with van der Waals surface area (Å²) in [6.07, 6.45) is 2.34. The van der Waals surface area contributed by atoms with Crippen molar-refractivity contribution in [1.82, 2.24) is 10.2 Å². The highest BCUT2D eigenvalue weighted by molar-refractivity contribution is 5.74. The predicted molar refractivity (Wildman–Crippen MR) is 69.0 cm³/mol. The zero-order valence-electron chi connectivity index (χ0n) is 11.0. The summed E-state index contributed by atoms with van der Waals surface area (Å²) < 4.78 is 5.32. The zero-order valence-corrected chi connectivity index (χ0v) is 11.0. The molecule has 4 nitrogen and oxygen atoms in total. The van der Waals surface area contributed by atoms with Gasteiger partial charge in [-0.1, -0.05) is 19.1 Å². The SMILES string of the molecule is C=C(C)COCCNC(=O)N1CCCC(C)C1. The maximum Gasteiger partial charge on any atom is 0.317 e. The lowest BCUT2D eigenvalue weighted by Gasteiger charge is -2.30. The van der Waals surface area contributed by atoms with Gasteiger partial charge in [-0.3, -0.25) is 0 Å². The van der Waals surface area contributed by atoms with E-state index in [1.807, 2.05) is 11.8 Å². The van der Waals surface area contributed by atoms with Crippen LogP contribution in [0.3, 0.4) is 0 Å². The number of likely N-dealkylation sites (tertiary alicyclic amines) is 1. The molecule has 1 aliphatic rings. The van der Waals surface area contributed by atoms with E-state index in [0.717, 1.165) is 25.1 Å². The molecule has 0 aliphatic carbocycles. The molecule has 1 fully saturated rings. The average Bonchev–Trinajstić information content (AvgIpc) is 2.28. The average molecular weight is 240 g/mol. The largest absolute Gasteiger partial charge is 0.375 e. The molecule has 0 spiro atoms. The van der Waals surface area contributed by atoms with Crippen LogP contribution in [-0.2, 0) is 4.74 Å². The summed E-state index contributed by atoms with van der Waals surface area (Å²) in [6, 6.07) is 0.0375. The second kappa shape index (κ2) is 7.33. The van der Waals surface area contributed by atoms with Crippen LogP contribution in [0.2, 0.25) is 0 Å². The first-order valence-corrected chi connectivity index (χ1v) is 6.34. The molecule has 0 bridgehead atoms. The second-order valence-corrected chi connectivity index (χ2v) is 4.94. The third kappa shape index (κ3) is 5.73. The van der Waals surface area contributed by atoms with Crippen LogP contribution in [-0.4, -0.2) is 43.8 Å². The third-order valence-corrected chi connectivity index (χ3v) is 2.82. The molecule has 0 aromatic carbocycles. The minimum Gasteiger partial charge on any atom is -0.375 e. The Kier molecular flexibility index (Phi) is 6.05. The molecule has 0 saturated carbocycles.